The number of rotatable bonds is 6. The Morgan fingerprint density at radius 2 is 2.10 bits per heavy atom. The fourth-order valence-electron chi connectivity index (χ4n) is 1.54. The summed E-state index contributed by atoms with van der Waals surface area (Å²) >= 11 is 0. The molecular weight excluding hydrogens is 266 g/mol. The van der Waals surface area contributed by atoms with Crippen LogP contribution in [0.4, 0.5) is 11.4 Å². The maximum Gasteiger partial charge on any atom is 0.294 e. The fraction of sp³-hybridized carbons (Fsp3) is 0.273. The first-order chi connectivity index (χ1) is 9.51. The van der Waals surface area contributed by atoms with Gasteiger partial charge >= 0.3 is 0 Å². The zero-order valence-electron chi connectivity index (χ0n) is 10.8. The van der Waals surface area contributed by atoms with Gasteiger partial charge in [-0.05, 0) is 6.07 Å². The zero-order chi connectivity index (χ0) is 15.1. The molecule has 0 saturated carbocycles. The van der Waals surface area contributed by atoms with E-state index in [9.17, 15) is 19.7 Å². The standard InChI is InChI=1S/C11H15N5O4/c1-13-9(17)5-6-14-11(18)7-3-2-4-8(16(19)20)10(7)15-12/h2-4,15H,5-6,12H2,1H3,(H,13,17)(H,14,18). The van der Waals surface area contributed by atoms with Crippen molar-refractivity contribution in [1.82, 2.24) is 10.6 Å². The number of nitro groups is 1. The van der Waals surface area contributed by atoms with E-state index in [0.717, 1.165) is 0 Å². The van der Waals surface area contributed by atoms with Crippen molar-refractivity contribution in [2.45, 2.75) is 6.42 Å². The predicted octanol–water partition coefficient (Wildman–Crippen LogP) is -0.254. The summed E-state index contributed by atoms with van der Waals surface area (Å²) in [7, 11) is 1.49. The maximum atomic E-state index is 11.9. The first kappa shape index (κ1) is 15.4. The average molecular weight is 281 g/mol. The second kappa shape index (κ2) is 7.04. The third kappa shape index (κ3) is 3.65. The van der Waals surface area contributed by atoms with Crippen LogP contribution in [-0.2, 0) is 4.79 Å². The molecule has 20 heavy (non-hydrogen) atoms. The molecule has 0 spiro atoms. The molecular formula is C11H15N5O4. The first-order valence-corrected chi connectivity index (χ1v) is 5.74. The topological polar surface area (TPSA) is 139 Å². The summed E-state index contributed by atoms with van der Waals surface area (Å²) < 4.78 is 0. The Balaban J connectivity index is 2.85. The molecule has 0 bridgehead atoms. The Hall–Kier alpha value is -2.68. The Kier molecular flexibility index (Phi) is 5.42. The molecule has 0 aromatic heterocycles. The predicted molar refractivity (Wildman–Crippen MR) is 71.9 cm³/mol. The van der Waals surface area contributed by atoms with E-state index < -0.39 is 10.8 Å². The van der Waals surface area contributed by atoms with Gasteiger partial charge in [-0.2, -0.15) is 0 Å². The first-order valence-electron chi connectivity index (χ1n) is 5.74. The van der Waals surface area contributed by atoms with Crippen molar-refractivity contribution in [3.05, 3.63) is 33.9 Å². The number of benzene rings is 1. The lowest BCUT2D eigenvalue weighted by atomic mass is 10.1. The van der Waals surface area contributed by atoms with Crippen LogP contribution in [-0.4, -0.2) is 30.3 Å². The Morgan fingerprint density at radius 3 is 2.65 bits per heavy atom. The van der Waals surface area contributed by atoms with Crippen LogP contribution in [0.25, 0.3) is 0 Å². The lowest BCUT2D eigenvalue weighted by Crippen LogP contribution is -2.30. The van der Waals surface area contributed by atoms with Gasteiger partial charge in [0.05, 0.1) is 10.5 Å². The highest BCUT2D eigenvalue weighted by Crippen LogP contribution is 2.27. The van der Waals surface area contributed by atoms with Crippen molar-refractivity contribution >= 4 is 23.2 Å². The molecule has 0 saturated heterocycles. The molecule has 1 rings (SSSR count). The summed E-state index contributed by atoms with van der Waals surface area (Å²) in [5, 5.41) is 15.7. The third-order valence-corrected chi connectivity index (χ3v) is 2.54. The van der Waals surface area contributed by atoms with Crippen LogP contribution in [0, 0.1) is 10.1 Å². The number of nitrogen functional groups attached to an aromatic ring is 1. The number of nitrogens with one attached hydrogen (secondary N) is 3. The number of hydrazine groups is 1. The highest BCUT2D eigenvalue weighted by Gasteiger charge is 2.20. The smallest absolute Gasteiger partial charge is 0.294 e. The molecule has 2 amide bonds. The summed E-state index contributed by atoms with van der Waals surface area (Å²) in [5.41, 5.74) is 1.82. The van der Waals surface area contributed by atoms with E-state index >= 15 is 0 Å². The number of nitro benzene ring substituents is 1. The lowest BCUT2D eigenvalue weighted by Gasteiger charge is -2.09. The minimum absolute atomic E-state index is 0.0404. The number of para-hydroxylation sites is 1. The summed E-state index contributed by atoms with van der Waals surface area (Å²) in [5.74, 6) is 4.46. The van der Waals surface area contributed by atoms with E-state index in [-0.39, 0.29) is 35.8 Å². The van der Waals surface area contributed by atoms with Gasteiger partial charge in [0.1, 0.15) is 5.69 Å². The second-order valence-electron chi connectivity index (χ2n) is 3.78. The molecule has 0 aliphatic carbocycles. The van der Waals surface area contributed by atoms with E-state index in [1.807, 2.05) is 0 Å². The van der Waals surface area contributed by atoms with Gasteiger partial charge in [-0.3, -0.25) is 25.5 Å². The molecule has 5 N–H and O–H groups in total. The lowest BCUT2D eigenvalue weighted by molar-refractivity contribution is -0.384. The largest absolute Gasteiger partial charge is 0.359 e. The second-order valence-corrected chi connectivity index (χ2v) is 3.78. The molecule has 1 aromatic carbocycles. The average Bonchev–Trinajstić information content (AvgIpc) is 2.45. The van der Waals surface area contributed by atoms with Gasteiger partial charge in [-0.1, -0.05) is 6.07 Å². The number of nitrogens with two attached hydrogens (primary N) is 1. The number of hydrogen-bond donors (Lipinski definition) is 4. The fourth-order valence-corrected chi connectivity index (χ4v) is 1.54. The monoisotopic (exact) mass is 281 g/mol. The zero-order valence-corrected chi connectivity index (χ0v) is 10.8. The number of carbonyl (C=O) groups is 2. The van der Waals surface area contributed by atoms with Crippen molar-refractivity contribution in [1.29, 1.82) is 0 Å². The summed E-state index contributed by atoms with van der Waals surface area (Å²) in [6.45, 7) is 0.116. The van der Waals surface area contributed by atoms with E-state index in [4.69, 9.17) is 5.84 Å². The molecule has 0 aliphatic rings. The molecule has 0 aliphatic heterocycles. The Bertz CT molecular complexity index is 532. The van der Waals surface area contributed by atoms with Gasteiger partial charge in [0.25, 0.3) is 11.6 Å². The van der Waals surface area contributed by atoms with Crippen LogP contribution in [0.2, 0.25) is 0 Å². The van der Waals surface area contributed by atoms with E-state index in [0.29, 0.717) is 0 Å². The van der Waals surface area contributed by atoms with Crippen molar-refractivity contribution < 1.29 is 14.5 Å². The van der Waals surface area contributed by atoms with E-state index in [1.54, 1.807) is 0 Å². The number of anilines is 1. The number of carbonyl (C=O) groups excluding carboxylic acids is 2. The number of nitrogens with zero attached hydrogens (tertiary/aromatic N) is 1. The number of hydrogen-bond acceptors (Lipinski definition) is 6. The summed E-state index contributed by atoms with van der Waals surface area (Å²) in [6.07, 6.45) is 0.114. The van der Waals surface area contributed by atoms with Gasteiger partial charge in [0.15, 0.2) is 0 Å². The molecule has 1 aromatic rings. The Morgan fingerprint density at radius 1 is 1.40 bits per heavy atom. The van der Waals surface area contributed by atoms with Crippen molar-refractivity contribution in [3.63, 3.8) is 0 Å². The molecule has 108 valence electrons. The summed E-state index contributed by atoms with van der Waals surface area (Å²) in [4.78, 5) is 33.1. The van der Waals surface area contributed by atoms with Crippen LogP contribution < -0.4 is 21.9 Å². The van der Waals surface area contributed by atoms with Gasteiger partial charge in [0.2, 0.25) is 5.91 Å². The minimum Gasteiger partial charge on any atom is -0.359 e. The van der Waals surface area contributed by atoms with Gasteiger partial charge in [-0.15, -0.1) is 0 Å². The van der Waals surface area contributed by atoms with E-state index in [2.05, 4.69) is 16.1 Å². The highest BCUT2D eigenvalue weighted by atomic mass is 16.6. The molecule has 0 heterocycles. The molecule has 0 radical (unpaired) electrons. The van der Waals surface area contributed by atoms with Crippen molar-refractivity contribution in [2.24, 2.45) is 5.84 Å². The van der Waals surface area contributed by atoms with Crippen LogP contribution in [0.3, 0.4) is 0 Å². The summed E-state index contributed by atoms with van der Waals surface area (Å²) in [6, 6.07) is 4.01. The molecule has 0 atom stereocenters. The van der Waals surface area contributed by atoms with Crippen molar-refractivity contribution in [2.75, 3.05) is 19.0 Å². The van der Waals surface area contributed by atoms with Crippen LogP contribution >= 0.6 is 0 Å². The van der Waals surface area contributed by atoms with Crippen LogP contribution in [0.5, 0.6) is 0 Å². The van der Waals surface area contributed by atoms with Crippen LogP contribution in [0.15, 0.2) is 18.2 Å². The molecule has 0 fully saturated rings. The third-order valence-electron chi connectivity index (χ3n) is 2.54. The highest BCUT2D eigenvalue weighted by molar-refractivity contribution is 6.01. The SMILES string of the molecule is CNC(=O)CCNC(=O)c1cccc([N+](=O)[O-])c1NN. The van der Waals surface area contributed by atoms with Gasteiger partial charge < -0.3 is 16.1 Å². The number of amides is 2. The maximum absolute atomic E-state index is 11.9. The van der Waals surface area contributed by atoms with Crippen LogP contribution in [0.1, 0.15) is 16.8 Å². The normalized spacial score (nSPS) is 9.70. The van der Waals surface area contributed by atoms with Gasteiger partial charge in [0, 0.05) is 26.1 Å². The quantitative estimate of drug-likeness (QED) is 0.322. The van der Waals surface area contributed by atoms with E-state index in [1.165, 1.54) is 25.2 Å². The minimum atomic E-state index is -0.642. The molecule has 9 nitrogen and oxygen atoms in total. The van der Waals surface area contributed by atoms with Crippen molar-refractivity contribution in [3.8, 4) is 0 Å². The molecule has 0 unspecified atom stereocenters. The Labute approximate surface area is 114 Å². The molecule has 9 heteroatoms. The van der Waals surface area contributed by atoms with Gasteiger partial charge in [-0.25, -0.2) is 0 Å².